The van der Waals surface area contributed by atoms with Crippen molar-refractivity contribution in [1.29, 1.82) is 0 Å². The molecular weight excluding hydrogens is 404 g/mol. The highest BCUT2D eigenvalue weighted by atomic mass is 16.5. The number of carbonyl (C=O) groups is 1. The van der Waals surface area contributed by atoms with Gasteiger partial charge >= 0.3 is 5.97 Å². The topological polar surface area (TPSA) is 98.3 Å². The number of methoxy groups -OCH3 is 1. The molecule has 0 amide bonds. The van der Waals surface area contributed by atoms with Gasteiger partial charge in [-0.2, -0.15) is 0 Å². The Morgan fingerprint density at radius 3 is 2.66 bits per heavy atom. The molecule has 1 aliphatic carbocycles. The van der Waals surface area contributed by atoms with Gasteiger partial charge in [0.25, 0.3) is 0 Å². The first-order chi connectivity index (χ1) is 15.6. The first-order valence-corrected chi connectivity index (χ1v) is 11.4. The third kappa shape index (κ3) is 5.02. The summed E-state index contributed by atoms with van der Waals surface area (Å²) in [6.45, 7) is 5.60. The minimum absolute atomic E-state index is 0.355. The van der Waals surface area contributed by atoms with Crippen molar-refractivity contribution in [3.63, 3.8) is 0 Å². The molecule has 0 unspecified atom stereocenters. The number of rotatable bonds is 11. The summed E-state index contributed by atoms with van der Waals surface area (Å²) < 4.78 is 6.87. The van der Waals surface area contributed by atoms with Crippen molar-refractivity contribution in [2.45, 2.75) is 39.2 Å². The minimum atomic E-state index is -0.355. The number of hydrogen-bond acceptors (Lipinski definition) is 7. The van der Waals surface area contributed by atoms with Gasteiger partial charge in [0.1, 0.15) is 11.3 Å². The summed E-state index contributed by atoms with van der Waals surface area (Å²) in [5.41, 5.74) is 8.86. The number of benzene rings is 1. The van der Waals surface area contributed by atoms with Crippen LogP contribution in [0.15, 0.2) is 36.4 Å². The molecule has 32 heavy (non-hydrogen) atoms. The summed E-state index contributed by atoms with van der Waals surface area (Å²) in [5.74, 6) is 2.17. The summed E-state index contributed by atoms with van der Waals surface area (Å²) in [4.78, 5) is 23.9. The van der Waals surface area contributed by atoms with Gasteiger partial charge in [0.2, 0.25) is 5.95 Å². The lowest BCUT2D eigenvalue weighted by molar-refractivity contribution is 0.0601. The van der Waals surface area contributed by atoms with Crippen LogP contribution in [0, 0.1) is 5.92 Å². The fourth-order valence-electron chi connectivity index (χ4n) is 3.84. The van der Waals surface area contributed by atoms with E-state index >= 15 is 0 Å². The molecule has 1 fully saturated rings. The van der Waals surface area contributed by atoms with Crippen molar-refractivity contribution in [1.82, 2.24) is 14.5 Å². The molecule has 1 aliphatic rings. The number of esters is 1. The van der Waals surface area contributed by atoms with Crippen LogP contribution >= 0.6 is 0 Å². The van der Waals surface area contributed by atoms with E-state index < -0.39 is 0 Å². The van der Waals surface area contributed by atoms with Gasteiger partial charge in [-0.3, -0.25) is 4.57 Å². The van der Waals surface area contributed by atoms with Crippen molar-refractivity contribution < 1.29 is 9.53 Å². The number of nitrogens with zero attached hydrogens (tertiary/aromatic N) is 4. The number of carbonyl (C=O) groups excluding carboxylic acids is 1. The van der Waals surface area contributed by atoms with Crippen LogP contribution in [0.4, 0.5) is 17.5 Å². The molecule has 0 saturated heterocycles. The van der Waals surface area contributed by atoms with Crippen LogP contribution in [0.25, 0.3) is 11.2 Å². The lowest BCUT2D eigenvalue weighted by Gasteiger charge is -2.23. The second kappa shape index (κ2) is 9.99. The highest BCUT2D eigenvalue weighted by Crippen LogP contribution is 2.32. The molecule has 3 aromatic rings. The molecule has 1 aromatic carbocycles. The molecule has 0 atom stereocenters. The van der Waals surface area contributed by atoms with Gasteiger partial charge in [0.15, 0.2) is 5.65 Å². The van der Waals surface area contributed by atoms with Crippen molar-refractivity contribution in [2.24, 2.45) is 11.7 Å². The first kappa shape index (κ1) is 22.1. The molecule has 170 valence electrons. The van der Waals surface area contributed by atoms with Crippen molar-refractivity contribution in [2.75, 3.05) is 37.0 Å². The molecule has 1 saturated carbocycles. The Morgan fingerprint density at radius 2 is 2.00 bits per heavy atom. The number of nitrogens with one attached hydrogen (secondary N) is 1. The van der Waals surface area contributed by atoms with E-state index in [1.54, 1.807) is 12.1 Å². The van der Waals surface area contributed by atoms with E-state index in [4.69, 9.17) is 20.4 Å². The minimum Gasteiger partial charge on any atom is -0.465 e. The number of pyridine rings is 1. The maximum atomic E-state index is 11.7. The Labute approximate surface area is 188 Å². The van der Waals surface area contributed by atoms with Gasteiger partial charge in [0.05, 0.1) is 12.7 Å². The number of imidazole rings is 1. The smallest absolute Gasteiger partial charge is 0.337 e. The van der Waals surface area contributed by atoms with E-state index in [1.165, 1.54) is 20.0 Å². The molecule has 8 heteroatoms. The fraction of sp³-hybridized carbons (Fsp3) is 0.458. The quantitative estimate of drug-likeness (QED) is 0.439. The van der Waals surface area contributed by atoms with Gasteiger partial charge in [-0.05, 0) is 74.5 Å². The molecule has 0 spiro atoms. The summed E-state index contributed by atoms with van der Waals surface area (Å²) in [5, 5.41) is 3.38. The Bertz CT molecular complexity index is 1060. The van der Waals surface area contributed by atoms with E-state index in [-0.39, 0.29) is 5.97 Å². The first-order valence-electron chi connectivity index (χ1n) is 11.4. The second-order valence-electron chi connectivity index (χ2n) is 8.32. The van der Waals surface area contributed by atoms with Crippen LogP contribution < -0.4 is 16.0 Å². The van der Waals surface area contributed by atoms with E-state index in [0.717, 1.165) is 61.1 Å². The van der Waals surface area contributed by atoms with Crippen molar-refractivity contribution in [3.8, 4) is 0 Å². The molecule has 8 nitrogen and oxygen atoms in total. The van der Waals surface area contributed by atoms with E-state index in [0.29, 0.717) is 18.1 Å². The Balaban J connectivity index is 1.64. The summed E-state index contributed by atoms with van der Waals surface area (Å²) >= 11 is 0. The fourth-order valence-corrected chi connectivity index (χ4v) is 3.84. The zero-order valence-corrected chi connectivity index (χ0v) is 18.9. The predicted octanol–water partition coefficient (Wildman–Crippen LogP) is 3.94. The highest BCUT2D eigenvalue weighted by molar-refractivity contribution is 5.89. The normalized spacial score (nSPS) is 13.3. The molecule has 0 bridgehead atoms. The molecule has 0 radical (unpaired) electrons. The molecule has 4 rings (SSSR count). The Hall–Kier alpha value is -3.13. The van der Waals surface area contributed by atoms with Crippen LogP contribution in [0.3, 0.4) is 0 Å². The number of anilines is 3. The van der Waals surface area contributed by atoms with Crippen LogP contribution in [0.1, 0.15) is 43.0 Å². The van der Waals surface area contributed by atoms with Crippen molar-refractivity contribution in [3.05, 3.63) is 42.0 Å². The lowest BCUT2D eigenvalue weighted by atomic mass is 10.2. The van der Waals surface area contributed by atoms with Gasteiger partial charge in [-0.15, -0.1) is 0 Å². The zero-order valence-electron chi connectivity index (χ0n) is 18.9. The van der Waals surface area contributed by atoms with Crippen LogP contribution in [0.2, 0.25) is 0 Å². The SMILES string of the molecule is CCCN(CC1CC1)c1ccc2nc(Nc3ccc(C(=O)OC)cc3)n(CCCN)c2n1. The third-order valence-electron chi connectivity index (χ3n) is 5.72. The van der Waals surface area contributed by atoms with E-state index in [1.807, 2.05) is 12.1 Å². The van der Waals surface area contributed by atoms with E-state index in [2.05, 4.69) is 33.8 Å². The zero-order chi connectivity index (χ0) is 22.5. The van der Waals surface area contributed by atoms with Crippen LogP contribution in [0.5, 0.6) is 0 Å². The Kier molecular flexibility index (Phi) is 6.90. The van der Waals surface area contributed by atoms with Crippen LogP contribution in [-0.2, 0) is 11.3 Å². The van der Waals surface area contributed by atoms with Gasteiger partial charge in [-0.1, -0.05) is 6.92 Å². The molecule has 2 aromatic heterocycles. The van der Waals surface area contributed by atoms with Gasteiger partial charge in [0, 0.05) is 25.3 Å². The number of nitrogens with two attached hydrogens (primary N) is 1. The summed E-state index contributed by atoms with van der Waals surface area (Å²) in [6, 6.07) is 11.3. The predicted molar refractivity (Wildman–Crippen MR) is 127 cm³/mol. The second-order valence-corrected chi connectivity index (χ2v) is 8.32. The standard InChI is InChI=1S/C24H32N6O2/c1-3-14-29(16-17-5-6-17)21-12-11-20-22(28-21)30(15-4-13-25)24(27-20)26-19-9-7-18(8-10-19)23(31)32-2/h7-12,17H,3-6,13-16,25H2,1-2H3,(H,26,27). The third-order valence-corrected chi connectivity index (χ3v) is 5.72. The largest absolute Gasteiger partial charge is 0.465 e. The van der Waals surface area contributed by atoms with Gasteiger partial charge in [-0.25, -0.2) is 14.8 Å². The van der Waals surface area contributed by atoms with E-state index in [9.17, 15) is 4.79 Å². The lowest BCUT2D eigenvalue weighted by Crippen LogP contribution is -2.27. The molecular formula is C24H32N6O2. The number of aromatic nitrogens is 3. The number of hydrogen-bond donors (Lipinski definition) is 2. The molecule has 3 N–H and O–H groups in total. The van der Waals surface area contributed by atoms with Gasteiger partial charge < -0.3 is 20.7 Å². The highest BCUT2D eigenvalue weighted by Gasteiger charge is 2.25. The maximum absolute atomic E-state index is 11.7. The number of fused-ring (bicyclic) bond motifs is 1. The average Bonchev–Trinajstić information content (AvgIpc) is 3.57. The molecule has 2 heterocycles. The van der Waals surface area contributed by atoms with Crippen molar-refractivity contribution >= 4 is 34.6 Å². The average molecular weight is 437 g/mol. The molecule has 0 aliphatic heterocycles. The monoisotopic (exact) mass is 436 g/mol. The maximum Gasteiger partial charge on any atom is 0.337 e. The Morgan fingerprint density at radius 1 is 1.22 bits per heavy atom. The van der Waals surface area contributed by atoms with Crippen LogP contribution in [-0.4, -0.2) is 47.2 Å². The number of aryl methyl sites for hydroxylation is 1. The number of ether oxygens (including phenoxy) is 1. The summed E-state index contributed by atoms with van der Waals surface area (Å²) in [6.07, 6.45) is 4.56. The summed E-state index contributed by atoms with van der Waals surface area (Å²) in [7, 11) is 1.38.